The van der Waals surface area contributed by atoms with E-state index in [0.29, 0.717) is 27.5 Å². The zero-order valence-corrected chi connectivity index (χ0v) is 19.2. The number of aryl methyl sites for hydroxylation is 1. The molecule has 33 heavy (non-hydrogen) atoms. The summed E-state index contributed by atoms with van der Waals surface area (Å²) in [5, 5.41) is 7.89. The molecule has 0 aliphatic rings. The summed E-state index contributed by atoms with van der Waals surface area (Å²) in [7, 11) is 0. The van der Waals surface area contributed by atoms with Crippen LogP contribution in [0.25, 0.3) is 4.96 Å². The van der Waals surface area contributed by atoms with Gasteiger partial charge in [-0.1, -0.05) is 43.4 Å². The van der Waals surface area contributed by atoms with Crippen LogP contribution in [-0.2, 0) is 11.3 Å². The molecule has 0 radical (unpaired) electrons. The number of carbonyl (C=O) groups is 2. The molecule has 4 rings (SSSR count). The van der Waals surface area contributed by atoms with Gasteiger partial charge in [0.1, 0.15) is 11.6 Å². The summed E-state index contributed by atoms with van der Waals surface area (Å²) in [5.74, 6) is -0.595. The van der Waals surface area contributed by atoms with Crippen LogP contribution >= 0.6 is 11.3 Å². The number of hydrogen-bond donors (Lipinski definition) is 1. The fourth-order valence-electron chi connectivity index (χ4n) is 3.12. The first-order chi connectivity index (χ1) is 15.8. The Hall–Kier alpha value is -3.85. The van der Waals surface area contributed by atoms with Crippen molar-refractivity contribution in [3.8, 4) is 0 Å². The van der Waals surface area contributed by atoms with Crippen molar-refractivity contribution in [1.29, 1.82) is 0 Å². The molecule has 4 aromatic rings. The first-order valence-corrected chi connectivity index (χ1v) is 11.2. The largest absolute Gasteiger partial charge is 0.456 e. The minimum Gasteiger partial charge on any atom is -0.456 e. The van der Waals surface area contributed by atoms with Crippen LogP contribution in [0.15, 0.2) is 59.4 Å². The van der Waals surface area contributed by atoms with Gasteiger partial charge in [0, 0.05) is 23.2 Å². The van der Waals surface area contributed by atoms with E-state index in [4.69, 9.17) is 4.74 Å². The van der Waals surface area contributed by atoms with Crippen molar-refractivity contribution in [3.05, 3.63) is 92.3 Å². The highest BCUT2D eigenvalue weighted by Gasteiger charge is 2.14. The Bertz CT molecular complexity index is 1390. The first kappa shape index (κ1) is 22.3. The number of aromatic nitrogens is 3. The highest BCUT2D eigenvalue weighted by Crippen LogP contribution is 2.20. The van der Waals surface area contributed by atoms with Gasteiger partial charge in [0.25, 0.3) is 11.5 Å². The normalized spacial score (nSPS) is 11.0. The fraction of sp³-hybridized carbons (Fsp3) is 0.208. The lowest BCUT2D eigenvalue weighted by atomic mass is 10.1. The lowest BCUT2D eigenvalue weighted by molar-refractivity contribution is 0.0467. The molecule has 168 valence electrons. The molecule has 9 heteroatoms. The van der Waals surface area contributed by atoms with Crippen LogP contribution in [-0.4, -0.2) is 26.5 Å². The average molecular weight is 463 g/mol. The number of ether oxygens (including phenoxy) is 1. The van der Waals surface area contributed by atoms with Crippen LogP contribution in [0.1, 0.15) is 56.7 Å². The molecule has 0 aliphatic carbocycles. The van der Waals surface area contributed by atoms with Crippen LogP contribution < -0.4 is 10.9 Å². The summed E-state index contributed by atoms with van der Waals surface area (Å²) in [6.07, 6.45) is 0. The molecule has 2 aromatic heterocycles. The number of nitrogens with zero attached hydrogens (tertiary/aromatic N) is 3. The second kappa shape index (κ2) is 9.33. The molecule has 2 heterocycles. The van der Waals surface area contributed by atoms with E-state index in [1.54, 1.807) is 36.4 Å². The molecule has 1 amide bonds. The minimum atomic E-state index is -0.555. The molecule has 2 aromatic carbocycles. The second-order valence-corrected chi connectivity index (χ2v) is 8.79. The van der Waals surface area contributed by atoms with Gasteiger partial charge in [-0.3, -0.25) is 9.59 Å². The highest BCUT2D eigenvalue weighted by atomic mass is 32.1. The molecule has 0 aliphatic heterocycles. The van der Waals surface area contributed by atoms with Gasteiger partial charge in [0.05, 0.1) is 11.3 Å². The van der Waals surface area contributed by atoms with Crippen LogP contribution in [0.5, 0.6) is 0 Å². The molecular formula is C24H22N4O4S. The number of rotatable bonds is 6. The van der Waals surface area contributed by atoms with E-state index < -0.39 is 5.97 Å². The lowest BCUT2D eigenvalue weighted by Gasteiger charge is -2.08. The van der Waals surface area contributed by atoms with E-state index in [9.17, 15) is 14.4 Å². The zero-order chi connectivity index (χ0) is 23.5. The number of nitrogens with one attached hydrogen (secondary N) is 1. The standard InChI is InChI=1S/C24H22N4O4S/c1-14(2)22-27-28-20(29)12-18(26-24(28)33-22)13-32-23(31)16-8-10-17(11-9-16)25-21(30)19-7-5-4-6-15(19)3/h4-12,14H,13H2,1-3H3,(H,25,30). The third-order valence-electron chi connectivity index (χ3n) is 4.93. The van der Waals surface area contributed by atoms with E-state index in [0.717, 1.165) is 10.6 Å². The Morgan fingerprint density at radius 3 is 2.55 bits per heavy atom. The fourth-order valence-corrected chi connectivity index (χ4v) is 4.04. The monoisotopic (exact) mass is 462 g/mol. The van der Waals surface area contributed by atoms with Crippen LogP contribution in [0, 0.1) is 6.92 Å². The molecular weight excluding hydrogens is 440 g/mol. The van der Waals surface area contributed by atoms with Crippen LogP contribution in [0.2, 0.25) is 0 Å². The minimum absolute atomic E-state index is 0.134. The van der Waals surface area contributed by atoms with E-state index >= 15 is 0 Å². The molecule has 1 N–H and O–H groups in total. The van der Waals surface area contributed by atoms with Gasteiger partial charge in [0.2, 0.25) is 4.96 Å². The van der Waals surface area contributed by atoms with Gasteiger partial charge < -0.3 is 10.1 Å². The maximum Gasteiger partial charge on any atom is 0.338 e. The van der Waals surface area contributed by atoms with Gasteiger partial charge >= 0.3 is 5.97 Å². The summed E-state index contributed by atoms with van der Waals surface area (Å²) in [5.41, 5.74) is 2.38. The summed E-state index contributed by atoms with van der Waals surface area (Å²) in [6.45, 7) is 5.72. The Labute approximate surface area is 193 Å². The number of hydrogen-bond acceptors (Lipinski definition) is 7. The summed E-state index contributed by atoms with van der Waals surface area (Å²) in [4.78, 5) is 42.0. The summed E-state index contributed by atoms with van der Waals surface area (Å²) >= 11 is 1.34. The molecule has 0 unspecified atom stereocenters. The number of carbonyl (C=O) groups excluding carboxylic acids is 2. The molecule has 0 bridgehead atoms. The van der Waals surface area contributed by atoms with Crippen molar-refractivity contribution in [2.24, 2.45) is 0 Å². The van der Waals surface area contributed by atoms with Gasteiger partial charge in [-0.05, 0) is 42.8 Å². The van der Waals surface area contributed by atoms with Crippen molar-refractivity contribution >= 4 is 33.9 Å². The quantitative estimate of drug-likeness (QED) is 0.431. The average Bonchev–Trinajstić information content (AvgIpc) is 3.23. The number of benzene rings is 2. The predicted molar refractivity (Wildman–Crippen MR) is 126 cm³/mol. The molecule has 0 saturated heterocycles. The Morgan fingerprint density at radius 1 is 1.12 bits per heavy atom. The molecule has 0 fully saturated rings. The lowest BCUT2D eigenvalue weighted by Crippen LogP contribution is -2.17. The molecule has 0 saturated carbocycles. The van der Waals surface area contributed by atoms with Gasteiger partial charge in [0.15, 0.2) is 0 Å². The van der Waals surface area contributed by atoms with E-state index in [2.05, 4.69) is 15.4 Å². The number of anilines is 1. The summed E-state index contributed by atoms with van der Waals surface area (Å²) < 4.78 is 6.58. The summed E-state index contributed by atoms with van der Waals surface area (Å²) in [6, 6.07) is 15.0. The van der Waals surface area contributed by atoms with Crippen molar-refractivity contribution in [1.82, 2.24) is 14.6 Å². The number of fused-ring (bicyclic) bond motifs is 1. The maximum absolute atomic E-state index is 12.4. The Morgan fingerprint density at radius 2 is 1.85 bits per heavy atom. The topological polar surface area (TPSA) is 103 Å². The second-order valence-electron chi connectivity index (χ2n) is 7.80. The van der Waals surface area contributed by atoms with E-state index in [-0.39, 0.29) is 24.0 Å². The molecule has 0 spiro atoms. The third-order valence-corrected chi connectivity index (χ3v) is 6.14. The molecule has 0 atom stereocenters. The maximum atomic E-state index is 12.4. The number of amides is 1. The van der Waals surface area contributed by atoms with E-state index in [1.807, 2.05) is 32.9 Å². The van der Waals surface area contributed by atoms with Crippen LogP contribution in [0.3, 0.4) is 0 Å². The first-order valence-electron chi connectivity index (χ1n) is 10.4. The van der Waals surface area contributed by atoms with Gasteiger partial charge in [-0.2, -0.15) is 9.61 Å². The Kier molecular flexibility index (Phi) is 6.32. The highest BCUT2D eigenvalue weighted by molar-refractivity contribution is 7.16. The van der Waals surface area contributed by atoms with Crippen molar-refractivity contribution in [2.75, 3.05) is 5.32 Å². The third kappa shape index (κ3) is 4.98. The zero-order valence-electron chi connectivity index (χ0n) is 18.4. The molecule has 8 nitrogen and oxygen atoms in total. The van der Waals surface area contributed by atoms with Gasteiger partial charge in [-0.25, -0.2) is 9.78 Å². The SMILES string of the molecule is Cc1ccccc1C(=O)Nc1ccc(C(=O)OCc2cc(=O)n3nc(C(C)C)sc3n2)cc1. The van der Waals surface area contributed by atoms with Crippen molar-refractivity contribution in [3.63, 3.8) is 0 Å². The predicted octanol–water partition coefficient (Wildman–Crippen LogP) is 4.19. The van der Waals surface area contributed by atoms with Gasteiger partial charge in [-0.15, -0.1) is 0 Å². The van der Waals surface area contributed by atoms with Crippen LogP contribution in [0.4, 0.5) is 5.69 Å². The van der Waals surface area contributed by atoms with E-state index in [1.165, 1.54) is 21.9 Å². The smallest absolute Gasteiger partial charge is 0.338 e. The van der Waals surface area contributed by atoms with Crippen molar-refractivity contribution in [2.45, 2.75) is 33.3 Å². The Balaban J connectivity index is 1.40. The van der Waals surface area contributed by atoms with Crippen molar-refractivity contribution < 1.29 is 14.3 Å². The number of esters is 1.